The molecule has 1 amide bonds. The largest absolute Gasteiger partial charge is 0.493 e. The zero-order valence-electron chi connectivity index (χ0n) is 19.4. The molecule has 0 heterocycles. The monoisotopic (exact) mass is 484 g/mol. The van der Waals surface area contributed by atoms with Gasteiger partial charge in [0, 0.05) is 6.07 Å². The highest BCUT2D eigenvalue weighted by atomic mass is 32.2. The van der Waals surface area contributed by atoms with E-state index >= 15 is 0 Å². The lowest BCUT2D eigenvalue weighted by molar-refractivity contribution is -0.119. The Kier molecular flexibility index (Phi) is 8.37. The molecule has 3 rings (SSSR count). The molecule has 0 radical (unpaired) electrons. The van der Waals surface area contributed by atoms with E-state index in [1.54, 1.807) is 30.3 Å². The van der Waals surface area contributed by atoms with Crippen LogP contribution in [0, 0.1) is 6.92 Å². The Balaban J connectivity index is 1.76. The van der Waals surface area contributed by atoms with Crippen LogP contribution in [0.4, 0.5) is 5.69 Å². The van der Waals surface area contributed by atoms with Gasteiger partial charge in [-0.05, 0) is 48.9 Å². The van der Waals surface area contributed by atoms with E-state index < -0.39 is 22.5 Å². The van der Waals surface area contributed by atoms with Crippen molar-refractivity contribution in [3.8, 4) is 17.2 Å². The molecular formula is C25H28N2O6S. The molecule has 0 aromatic heterocycles. The van der Waals surface area contributed by atoms with Gasteiger partial charge in [0.1, 0.15) is 18.9 Å². The number of rotatable bonds is 11. The third-order valence-electron chi connectivity index (χ3n) is 4.96. The molecule has 0 saturated heterocycles. The Labute approximate surface area is 200 Å². The highest BCUT2D eigenvalue weighted by Crippen LogP contribution is 2.33. The fraction of sp³-hybridized carbons (Fsp3) is 0.240. The van der Waals surface area contributed by atoms with Gasteiger partial charge in [-0.25, -0.2) is 8.42 Å². The van der Waals surface area contributed by atoms with E-state index in [-0.39, 0.29) is 23.7 Å². The van der Waals surface area contributed by atoms with Crippen molar-refractivity contribution in [2.24, 2.45) is 0 Å². The minimum atomic E-state index is -4.03. The van der Waals surface area contributed by atoms with E-state index in [1.807, 2.05) is 31.2 Å². The van der Waals surface area contributed by atoms with Crippen LogP contribution < -0.4 is 23.8 Å². The molecule has 0 fully saturated rings. The number of amides is 1. The molecule has 0 atom stereocenters. The highest BCUT2D eigenvalue weighted by molar-refractivity contribution is 7.92. The van der Waals surface area contributed by atoms with E-state index in [0.717, 1.165) is 9.87 Å². The smallest absolute Gasteiger partial charge is 0.264 e. The van der Waals surface area contributed by atoms with Crippen LogP contribution in [0.1, 0.15) is 5.56 Å². The molecular weight excluding hydrogens is 456 g/mol. The van der Waals surface area contributed by atoms with Gasteiger partial charge in [0.25, 0.3) is 10.0 Å². The number of benzene rings is 3. The Hall–Kier alpha value is -3.72. The van der Waals surface area contributed by atoms with Gasteiger partial charge in [-0.3, -0.25) is 9.10 Å². The summed E-state index contributed by atoms with van der Waals surface area (Å²) in [4.78, 5) is 12.8. The first-order chi connectivity index (χ1) is 16.3. The topological polar surface area (TPSA) is 94.2 Å². The number of carbonyl (C=O) groups excluding carboxylic acids is 1. The number of nitrogens with one attached hydrogen (secondary N) is 1. The average Bonchev–Trinajstić information content (AvgIpc) is 2.85. The van der Waals surface area contributed by atoms with Gasteiger partial charge in [0.05, 0.1) is 31.3 Å². The van der Waals surface area contributed by atoms with Crippen molar-refractivity contribution in [3.63, 3.8) is 0 Å². The van der Waals surface area contributed by atoms with Crippen molar-refractivity contribution in [1.29, 1.82) is 0 Å². The number of aryl methyl sites for hydroxylation is 1. The van der Waals surface area contributed by atoms with Crippen molar-refractivity contribution in [2.45, 2.75) is 11.8 Å². The number of hydrogen-bond acceptors (Lipinski definition) is 6. The van der Waals surface area contributed by atoms with E-state index in [2.05, 4.69) is 5.32 Å². The van der Waals surface area contributed by atoms with Gasteiger partial charge in [0.2, 0.25) is 5.91 Å². The van der Waals surface area contributed by atoms with Crippen molar-refractivity contribution in [3.05, 3.63) is 78.4 Å². The maximum absolute atomic E-state index is 13.4. The summed E-state index contributed by atoms with van der Waals surface area (Å²) >= 11 is 0. The van der Waals surface area contributed by atoms with Gasteiger partial charge in [-0.2, -0.15) is 0 Å². The van der Waals surface area contributed by atoms with Crippen LogP contribution in [-0.4, -0.2) is 48.2 Å². The highest BCUT2D eigenvalue weighted by Gasteiger charge is 2.28. The second kappa shape index (κ2) is 11.4. The van der Waals surface area contributed by atoms with Crippen LogP contribution in [-0.2, 0) is 14.8 Å². The SMILES string of the molecule is COc1ccc(N(CC(=O)NCCOc2cccc(C)c2)S(=O)(=O)c2ccccc2)cc1OC. The van der Waals surface area contributed by atoms with Gasteiger partial charge >= 0.3 is 0 Å². The fourth-order valence-corrected chi connectivity index (χ4v) is 4.70. The number of anilines is 1. The molecule has 180 valence electrons. The standard InChI is InChI=1S/C25H28N2O6S/c1-19-8-7-9-21(16-19)33-15-14-26-25(28)18-27(34(29,30)22-10-5-4-6-11-22)20-12-13-23(31-2)24(17-20)32-3/h4-13,16-17H,14-15,18H2,1-3H3,(H,26,28). The number of nitrogens with zero attached hydrogens (tertiary/aromatic N) is 1. The molecule has 0 unspecified atom stereocenters. The number of carbonyl (C=O) groups is 1. The molecule has 8 nitrogen and oxygen atoms in total. The van der Waals surface area contributed by atoms with Crippen molar-refractivity contribution in [1.82, 2.24) is 5.32 Å². The Morgan fingerprint density at radius 3 is 2.32 bits per heavy atom. The second-order valence-corrected chi connectivity index (χ2v) is 9.24. The van der Waals surface area contributed by atoms with Crippen LogP contribution in [0.3, 0.4) is 0 Å². The third kappa shape index (κ3) is 6.20. The first kappa shape index (κ1) is 24.9. The zero-order chi connectivity index (χ0) is 24.6. The first-order valence-electron chi connectivity index (χ1n) is 10.6. The van der Waals surface area contributed by atoms with Crippen LogP contribution >= 0.6 is 0 Å². The molecule has 0 bridgehead atoms. The summed E-state index contributed by atoms with van der Waals surface area (Å²) in [6.07, 6.45) is 0. The minimum Gasteiger partial charge on any atom is -0.493 e. The van der Waals surface area contributed by atoms with Crippen LogP contribution in [0.15, 0.2) is 77.7 Å². The number of hydrogen-bond donors (Lipinski definition) is 1. The molecule has 1 N–H and O–H groups in total. The molecule has 34 heavy (non-hydrogen) atoms. The maximum Gasteiger partial charge on any atom is 0.264 e. The lowest BCUT2D eigenvalue weighted by atomic mass is 10.2. The normalized spacial score (nSPS) is 10.9. The molecule has 3 aromatic rings. The summed E-state index contributed by atoms with van der Waals surface area (Å²) in [6, 6.07) is 20.2. The molecule has 0 spiro atoms. The summed E-state index contributed by atoms with van der Waals surface area (Å²) < 4.78 is 44.1. The summed E-state index contributed by atoms with van der Waals surface area (Å²) in [6.45, 7) is 2.01. The van der Waals surface area contributed by atoms with Gasteiger partial charge < -0.3 is 19.5 Å². The van der Waals surface area contributed by atoms with Gasteiger partial charge in [0.15, 0.2) is 11.5 Å². The molecule has 3 aromatic carbocycles. The molecule has 0 aliphatic carbocycles. The summed E-state index contributed by atoms with van der Waals surface area (Å²) in [5.41, 5.74) is 1.34. The van der Waals surface area contributed by atoms with E-state index in [9.17, 15) is 13.2 Å². The Bertz CT molecular complexity index is 1220. The lowest BCUT2D eigenvalue weighted by Gasteiger charge is -2.25. The summed E-state index contributed by atoms with van der Waals surface area (Å²) in [5, 5.41) is 2.72. The number of sulfonamides is 1. The lowest BCUT2D eigenvalue weighted by Crippen LogP contribution is -2.41. The van der Waals surface area contributed by atoms with Crippen molar-refractivity contribution < 1.29 is 27.4 Å². The van der Waals surface area contributed by atoms with Crippen molar-refractivity contribution in [2.75, 3.05) is 38.2 Å². The summed E-state index contributed by atoms with van der Waals surface area (Å²) in [5.74, 6) is 1.02. The average molecular weight is 485 g/mol. The molecule has 0 aliphatic heterocycles. The zero-order valence-corrected chi connectivity index (χ0v) is 20.2. The van der Waals surface area contributed by atoms with Gasteiger partial charge in [-0.15, -0.1) is 0 Å². The van der Waals surface area contributed by atoms with Crippen LogP contribution in [0.2, 0.25) is 0 Å². The van der Waals surface area contributed by atoms with Crippen LogP contribution in [0.25, 0.3) is 0 Å². The Morgan fingerprint density at radius 1 is 0.912 bits per heavy atom. The van der Waals surface area contributed by atoms with E-state index in [4.69, 9.17) is 14.2 Å². The molecule has 9 heteroatoms. The minimum absolute atomic E-state index is 0.0698. The third-order valence-corrected chi connectivity index (χ3v) is 6.74. The molecule has 0 saturated carbocycles. The van der Waals surface area contributed by atoms with Crippen molar-refractivity contribution >= 4 is 21.6 Å². The predicted octanol–water partition coefficient (Wildman–Crippen LogP) is 3.40. The fourth-order valence-electron chi connectivity index (χ4n) is 3.27. The van der Waals surface area contributed by atoms with Crippen LogP contribution in [0.5, 0.6) is 17.2 Å². The first-order valence-corrected chi connectivity index (χ1v) is 12.0. The molecule has 0 aliphatic rings. The quantitative estimate of drug-likeness (QED) is 0.419. The maximum atomic E-state index is 13.4. The summed E-state index contributed by atoms with van der Waals surface area (Å²) in [7, 11) is -1.08. The number of methoxy groups -OCH3 is 2. The van der Waals surface area contributed by atoms with E-state index in [1.165, 1.54) is 32.4 Å². The Morgan fingerprint density at radius 2 is 1.65 bits per heavy atom. The van der Waals surface area contributed by atoms with Gasteiger partial charge in [-0.1, -0.05) is 30.3 Å². The predicted molar refractivity (Wildman–Crippen MR) is 130 cm³/mol. The second-order valence-electron chi connectivity index (χ2n) is 7.38. The number of ether oxygens (including phenoxy) is 3. The van der Waals surface area contributed by atoms with E-state index in [0.29, 0.717) is 17.2 Å².